The second kappa shape index (κ2) is 8.33. The number of rotatable bonds is 4. The molecule has 0 amide bonds. The van der Waals surface area contributed by atoms with E-state index in [1.54, 1.807) is 0 Å². The summed E-state index contributed by atoms with van der Waals surface area (Å²) in [6.07, 6.45) is 7.16. The number of nitrogens with two attached hydrogens (primary N) is 1. The van der Waals surface area contributed by atoms with Gasteiger partial charge in [-0.1, -0.05) is 30.5 Å². The van der Waals surface area contributed by atoms with Crippen LogP contribution >= 0.6 is 24.0 Å². The highest BCUT2D eigenvalue weighted by atomic mass is 127. The Morgan fingerprint density at radius 1 is 1.26 bits per heavy atom. The number of nitrogens with one attached hydrogen (secondary N) is 1. The Kier molecular flexibility index (Phi) is 6.44. The van der Waals surface area contributed by atoms with Crippen LogP contribution in [0.1, 0.15) is 43.0 Å². The summed E-state index contributed by atoms with van der Waals surface area (Å²) in [6, 6.07) is 10.7. The molecule has 1 aliphatic carbocycles. The van der Waals surface area contributed by atoms with E-state index in [2.05, 4.69) is 33.2 Å². The molecule has 0 saturated heterocycles. The maximum absolute atomic E-state index is 5.92. The Hall–Kier alpha value is -1.57. The molecular formula is C17H24IN5. The van der Waals surface area contributed by atoms with Crippen LogP contribution in [0.15, 0.2) is 41.5 Å². The second-order valence-corrected chi connectivity index (χ2v) is 5.92. The number of aromatic nitrogens is 2. The lowest BCUT2D eigenvalue weighted by Gasteiger charge is -2.08. The third-order valence-electron chi connectivity index (χ3n) is 4.10. The molecule has 1 aromatic carbocycles. The van der Waals surface area contributed by atoms with Crippen molar-refractivity contribution in [3.05, 3.63) is 47.8 Å². The van der Waals surface area contributed by atoms with Gasteiger partial charge in [0.05, 0.1) is 18.3 Å². The van der Waals surface area contributed by atoms with Crippen molar-refractivity contribution in [2.24, 2.45) is 10.7 Å². The third kappa shape index (κ3) is 4.95. The largest absolute Gasteiger partial charge is 0.370 e. The van der Waals surface area contributed by atoms with E-state index in [9.17, 15) is 0 Å². The first-order valence-corrected chi connectivity index (χ1v) is 7.88. The highest BCUT2D eigenvalue weighted by Gasteiger charge is 2.17. The van der Waals surface area contributed by atoms with Crippen molar-refractivity contribution in [2.45, 2.75) is 45.2 Å². The molecule has 5 nitrogen and oxygen atoms in total. The molecular weight excluding hydrogens is 401 g/mol. The summed E-state index contributed by atoms with van der Waals surface area (Å²) >= 11 is 0. The highest BCUT2D eigenvalue weighted by molar-refractivity contribution is 14.0. The van der Waals surface area contributed by atoms with Crippen LogP contribution in [0.5, 0.6) is 0 Å². The normalized spacial score (nSPS) is 15.4. The van der Waals surface area contributed by atoms with Crippen molar-refractivity contribution in [3.63, 3.8) is 0 Å². The van der Waals surface area contributed by atoms with Gasteiger partial charge in [0.25, 0.3) is 0 Å². The zero-order chi connectivity index (χ0) is 15.4. The van der Waals surface area contributed by atoms with Gasteiger partial charge in [0, 0.05) is 11.9 Å². The molecule has 1 aromatic heterocycles. The number of guanidine groups is 1. The first-order chi connectivity index (χ1) is 10.7. The molecule has 1 fully saturated rings. The molecule has 2 aromatic rings. The number of hydrogen-bond donors (Lipinski definition) is 2. The van der Waals surface area contributed by atoms with Crippen molar-refractivity contribution < 1.29 is 0 Å². The van der Waals surface area contributed by atoms with Crippen molar-refractivity contribution in [1.82, 2.24) is 9.78 Å². The molecule has 3 rings (SSSR count). The van der Waals surface area contributed by atoms with Gasteiger partial charge in [0.1, 0.15) is 0 Å². The van der Waals surface area contributed by atoms with Crippen molar-refractivity contribution in [3.8, 4) is 0 Å². The molecule has 0 unspecified atom stereocenters. The quantitative estimate of drug-likeness (QED) is 0.444. The lowest BCUT2D eigenvalue weighted by molar-refractivity contribution is 0.463. The van der Waals surface area contributed by atoms with Gasteiger partial charge in [-0.25, -0.2) is 4.99 Å². The Morgan fingerprint density at radius 3 is 2.65 bits per heavy atom. The predicted octanol–water partition coefficient (Wildman–Crippen LogP) is 3.85. The van der Waals surface area contributed by atoms with Crippen LogP contribution in [0.3, 0.4) is 0 Å². The summed E-state index contributed by atoms with van der Waals surface area (Å²) < 4.78 is 2.08. The number of nitrogens with zero attached hydrogens (tertiary/aromatic N) is 3. The smallest absolute Gasteiger partial charge is 0.193 e. The number of halogens is 1. The zero-order valence-corrected chi connectivity index (χ0v) is 15.7. The van der Waals surface area contributed by atoms with Crippen molar-refractivity contribution in [2.75, 3.05) is 5.32 Å². The topological polar surface area (TPSA) is 68.2 Å². The summed E-state index contributed by atoms with van der Waals surface area (Å²) in [5.41, 5.74) is 9.05. The van der Waals surface area contributed by atoms with Crippen LogP contribution in [-0.4, -0.2) is 15.7 Å². The fourth-order valence-electron chi connectivity index (χ4n) is 2.82. The van der Waals surface area contributed by atoms with E-state index < -0.39 is 0 Å². The molecule has 0 bridgehead atoms. The van der Waals surface area contributed by atoms with E-state index in [0.29, 0.717) is 18.5 Å². The third-order valence-corrected chi connectivity index (χ3v) is 4.10. The zero-order valence-electron chi connectivity index (χ0n) is 13.4. The molecule has 1 heterocycles. The van der Waals surface area contributed by atoms with Gasteiger partial charge >= 0.3 is 0 Å². The Labute approximate surface area is 154 Å². The average molecular weight is 425 g/mol. The minimum Gasteiger partial charge on any atom is -0.370 e. The SMILES string of the molecule is Cc1ccc(NC(N)=NCc2ccn(C3CCCC3)n2)cc1.I. The fraction of sp³-hybridized carbons (Fsp3) is 0.412. The summed E-state index contributed by atoms with van der Waals surface area (Å²) in [4.78, 5) is 4.36. The van der Waals surface area contributed by atoms with Gasteiger partial charge in [-0.2, -0.15) is 5.10 Å². The van der Waals surface area contributed by atoms with Gasteiger partial charge in [-0.15, -0.1) is 24.0 Å². The van der Waals surface area contributed by atoms with Crippen LogP contribution in [0.25, 0.3) is 0 Å². The average Bonchev–Trinajstić information content (AvgIpc) is 3.18. The van der Waals surface area contributed by atoms with E-state index in [4.69, 9.17) is 5.73 Å². The Bertz CT molecular complexity index is 641. The standard InChI is InChI=1S/C17H23N5.HI/c1-13-6-8-14(9-7-13)20-17(18)19-12-15-10-11-22(21-15)16-4-2-3-5-16;/h6-11,16H,2-5,12H2,1H3,(H3,18,19,20);1H. The van der Waals surface area contributed by atoms with Gasteiger partial charge in [-0.3, -0.25) is 4.68 Å². The molecule has 0 aliphatic heterocycles. The van der Waals surface area contributed by atoms with Crippen molar-refractivity contribution in [1.29, 1.82) is 0 Å². The number of anilines is 1. The summed E-state index contributed by atoms with van der Waals surface area (Å²) in [7, 11) is 0. The molecule has 23 heavy (non-hydrogen) atoms. The molecule has 0 spiro atoms. The van der Waals surface area contributed by atoms with Crippen molar-refractivity contribution >= 4 is 35.6 Å². The Balaban J connectivity index is 0.00000192. The maximum atomic E-state index is 5.92. The molecule has 1 aliphatic rings. The highest BCUT2D eigenvalue weighted by Crippen LogP contribution is 2.28. The Morgan fingerprint density at radius 2 is 1.96 bits per heavy atom. The van der Waals surface area contributed by atoms with Gasteiger partial charge in [-0.05, 0) is 38.0 Å². The lowest BCUT2D eigenvalue weighted by Crippen LogP contribution is -2.22. The minimum atomic E-state index is 0. The maximum Gasteiger partial charge on any atom is 0.193 e. The van der Waals surface area contributed by atoms with E-state index in [0.717, 1.165) is 11.4 Å². The van der Waals surface area contributed by atoms with Crippen LogP contribution in [0.4, 0.5) is 5.69 Å². The van der Waals surface area contributed by atoms with E-state index in [1.807, 2.05) is 30.3 Å². The summed E-state index contributed by atoms with van der Waals surface area (Å²) in [5.74, 6) is 0.416. The van der Waals surface area contributed by atoms with Gasteiger partial charge in [0.2, 0.25) is 0 Å². The fourth-order valence-corrected chi connectivity index (χ4v) is 2.82. The number of benzene rings is 1. The predicted molar refractivity (Wildman–Crippen MR) is 105 cm³/mol. The lowest BCUT2D eigenvalue weighted by atomic mass is 10.2. The number of aliphatic imine (C=N–C) groups is 1. The van der Waals surface area contributed by atoms with Crippen LogP contribution < -0.4 is 11.1 Å². The van der Waals surface area contributed by atoms with Crippen LogP contribution in [0.2, 0.25) is 0 Å². The molecule has 124 valence electrons. The van der Waals surface area contributed by atoms with Gasteiger partial charge in [0.15, 0.2) is 5.96 Å². The molecule has 1 saturated carbocycles. The molecule has 3 N–H and O–H groups in total. The monoisotopic (exact) mass is 425 g/mol. The number of hydrogen-bond acceptors (Lipinski definition) is 2. The van der Waals surface area contributed by atoms with E-state index >= 15 is 0 Å². The number of aryl methyl sites for hydroxylation is 1. The van der Waals surface area contributed by atoms with Gasteiger partial charge < -0.3 is 11.1 Å². The molecule has 0 atom stereocenters. The van der Waals surface area contributed by atoms with E-state index in [-0.39, 0.29) is 24.0 Å². The first-order valence-electron chi connectivity index (χ1n) is 7.88. The molecule has 0 radical (unpaired) electrons. The van der Waals surface area contributed by atoms with Crippen LogP contribution in [-0.2, 0) is 6.54 Å². The first kappa shape index (κ1) is 17.8. The minimum absolute atomic E-state index is 0. The molecule has 6 heteroatoms. The van der Waals surface area contributed by atoms with Crippen LogP contribution in [0, 0.1) is 6.92 Å². The second-order valence-electron chi connectivity index (χ2n) is 5.92. The summed E-state index contributed by atoms with van der Waals surface area (Å²) in [6.45, 7) is 2.56. The summed E-state index contributed by atoms with van der Waals surface area (Å²) in [5, 5.41) is 7.70. The van der Waals surface area contributed by atoms with E-state index in [1.165, 1.54) is 31.2 Å².